The van der Waals surface area contributed by atoms with E-state index in [1.54, 1.807) is 30.5 Å². The van der Waals surface area contributed by atoms with E-state index in [1.807, 2.05) is 20.8 Å². The average Bonchev–Trinajstić information content (AvgIpc) is 2.52. The number of likely N-dealkylation sites (tertiary alicyclic amines) is 1. The summed E-state index contributed by atoms with van der Waals surface area (Å²) < 4.78 is 10.8. The molecule has 23 heavy (non-hydrogen) atoms. The molecule has 1 aromatic rings. The minimum absolute atomic E-state index is 0.336. The van der Waals surface area contributed by atoms with Crippen LogP contribution in [0.3, 0.4) is 0 Å². The molecule has 0 bridgehead atoms. The van der Waals surface area contributed by atoms with Crippen LogP contribution in [0.25, 0.3) is 0 Å². The zero-order valence-electron chi connectivity index (χ0n) is 14.3. The van der Waals surface area contributed by atoms with E-state index in [9.17, 15) is 9.90 Å². The van der Waals surface area contributed by atoms with Crippen molar-refractivity contribution in [3.8, 4) is 5.75 Å². The van der Waals surface area contributed by atoms with Crippen molar-refractivity contribution in [2.24, 2.45) is 0 Å². The number of hydrogen-bond donors (Lipinski definition) is 1. The van der Waals surface area contributed by atoms with Crippen LogP contribution in [0.5, 0.6) is 5.75 Å². The smallest absolute Gasteiger partial charge is 0.410 e. The summed E-state index contributed by atoms with van der Waals surface area (Å²) in [7, 11) is 1.55. The fraction of sp³-hybridized carbons (Fsp3) is 0.647. The van der Waals surface area contributed by atoms with Crippen LogP contribution < -0.4 is 4.74 Å². The van der Waals surface area contributed by atoms with Crippen molar-refractivity contribution < 1.29 is 19.4 Å². The van der Waals surface area contributed by atoms with Gasteiger partial charge in [-0.15, -0.1) is 0 Å². The van der Waals surface area contributed by atoms with Gasteiger partial charge in [0.25, 0.3) is 0 Å². The molecule has 1 N–H and O–H groups in total. The van der Waals surface area contributed by atoms with Crippen LogP contribution in [0.1, 0.15) is 51.7 Å². The van der Waals surface area contributed by atoms with Crippen molar-refractivity contribution in [3.05, 3.63) is 24.0 Å². The van der Waals surface area contributed by atoms with Gasteiger partial charge in [-0.25, -0.2) is 4.79 Å². The molecular weight excluding hydrogens is 296 g/mol. The third-order valence-corrected chi connectivity index (χ3v) is 3.89. The Bertz CT molecular complexity index is 542. The van der Waals surface area contributed by atoms with Crippen LogP contribution in [0.15, 0.2) is 18.5 Å². The van der Waals surface area contributed by atoms with E-state index in [1.165, 1.54) is 0 Å². The number of aromatic nitrogens is 1. The van der Waals surface area contributed by atoms with E-state index in [0.717, 1.165) is 19.3 Å². The molecule has 6 nitrogen and oxygen atoms in total. The van der Waals surface area contributed by atoms with Crippen molar-refractivity contribution in [2.45, 2.75) is 57.8 Å². The van der Waals surface area contributed by atoms with Crippen molar-refractivity contribution in [3.63, 3.8) is 0 Å². The van der Waals surface area contributed by atoms with Crippen molar-refractivity contribution >= 4 is 6.09 Å². The van der Waals surface area contributed by atoms with Gasteiger partial charge < -0.3 is 19.5 Å². The SMILES string of the molecule is COc1ccncc1C(O)[C@@H]1CCCCN1C(=O)OC(C)(C)C. The number of piperidine rings is 1. The lowest BCUT2D eigenvalue weighted by Crippen LogP contribution is -2.48. The van der Waals surface area contributed by atoms with Gasteiger partial charge in [-0.1, -0.05) is 0 Å². The number of hydrogen-bond acceptors (Lipinski definition) is 5. The van der Waals surface area contributed by atoms with E-state index >= 15 is 0 Å². The summed E-state index contributed by atoms with van der Waals surface area (Å²) >= 11 is 0. The molecule has 0 spiro atoms. The van der Waals surface area contributed by atoms with Gasteiger partial charge in [0.2, 0.25) is 0 Å². The van der Waals surface area contributed by atoms with Gasteiger partial charge in [0.15, 0.2) is 0 Å². The highest BCUT2D eigenvalue weighted by Crippen LogP contribution is 2.33. The number of ether oxygens (including phenoxy) is 2. The van der Waals surface area contributed by atoms with Gasteiger partial charge >= 0.3 is 6.09 Å². The first kappa shape index (κ1) is 17.5. The zero-order chi connectivity index (χ0) is 17.0. The molecule has 1 fully saturated rings. The second kappa shape index (κ2) is 7.17. The van der Waals surface area contributed by atoms with Gasteiger partial charge in [0.05, 0.1) is 13.2 Å². The highest BCUT2D eigenvalue weighted by molar-refractivity contribution is 5.69. The molecule has 2 rings (SSSR count). The highest BCUT2D eigenvalue weighted by Gasteiger charge is 2.36. The Balaban J connectivity index is 2.22. The second-order valence-electron chi connectivity index (χ2n) is 6.80. The van der Waals surface area contributed by atoms with Crippen LogP contribution in [-0.2, 0) is 4.74 Å². The predicted octanol–water partition coefficient (Wildman–Crippen LogP) is 2.91. The molecular formula is C17H26N2O4. The number of carbonyl (C=O) groups is 1. The summed E-state index contributed by atoms with van der Waals surface area (Å²) in [5, 5.41) is 10.8. The van der Waals surface area contributed by atoms with Crippen molar-refractivity contribution in [2.75, 3.05) is 13.7 Å². The molecule has 1 aromatic heterocycles. The average molecular weight is 322 g/mol. The second-order valence-corrected chi connectivity index (χ2v) is 6.80. The molecule has 2 atom stereocenters. The third kappa shape index (κ3) is 4.34. The largest absolute Gasteiger partial charge is 0.496 e. The lowest BCUT2D eigenvalue weighted by atomic mass is 9.93. The minimum atomic E-state index is -0.855. The minimum Gasteiger partial charge on any atom is -0.496 e. The number of methoxy groups -OCH3 is 1. The third-order valence-electron chi connectivity index (χ3n) is 3.89. The number of pyridine rings is 1. The monoisotopic (exact) mass is 322 g/mol. The zero-order valence-corrected chi connectivity index (χ0v) is 14.3. The maximum Gasteiger partial charge on any atom is 0.410 e. The Morgan fingerprint density at radius 1 is 1.43 bits per heavy atom. The van der Waals surface area contributed by atoms with Gasteiger partial charge in [-0.3, -0.25) is 4.98 Å². The maximum atomic E-state index is 12.5. The van der Waals surface area contributed by atoms with Crippen LogP contribution in [0.2, 0.25) is 0 Å². The van der Waals surface area contributed by atoms with E-state index in [0.29, 0.717) is 17.9 Å². The number of aliphatic hydroxyl groups excluding tert-OH is 1. The number of rotatable bonds is 3. The fourth-order valence-corrected chi connectivity index (χ4v) is 2.84. The van der Waals surface area contributed by atoms with Crippen LogP contribution >= 0.6 is 0 Å². The van der Waals surface area contributed by atoms with Gasteiger partial charge in [0, 0.05) is 24.5 Å². The van der Waals surface area contributed by atoms with Gasteiger partial charge in [0.1, 0.15) is 17.5 Å². The molecule has 0 aliphatic carbocycles. The Morgan fingerprint density at radius 3 is 2.83 bits per heavy atom. The van der Waals surface area contributed by atoms with E-state index < -0.39 is 11.7 Å². The highest BCUT2D eigenvalue weighted by atomic mass is 16.6. The first-order chi connectivity index (χ1) is 10.8. The summed E-state index contributed by atoms with van der Waals surface area (Å²) in [5.74, 6) is 0.571. The first-order valence-electron chi connectivity index (χ1n) is 7.99. The molecule has 1 saturated heterocycles. The molecule has 128 valence electrons. The van der Waals surface area contributed by atoms with Crippen molar-refractivity contribution in [1.29, 1.82) is 0 Å². The quantitative estimate of drug-likeness (QED) is 0.926. The van der Waals surface area contributed by atoms with E-state index in [4.69, 9.17) is 9.47 Å². The van der Waals surface area contributed by atoms with Gasteiger partial charge in [-0.2, -0.15) is 0 Å². The molecule has 1 unspecified atom stereocenters. The van der Waals surface area contributed by atoms with E-state index in [2.05, 4.69) is 4.98 Å². The Morgan fingerprint density at radius 2 is 2.17 bits per heavy atom. The number of nitrogens with zero attached hydrogens (tertiary/aromatic N) is 2. The Labute approximate surface area is 137 Å². The molecule has 0 aromatic carbocycles. The first-order valence-corrected chi connectivity index (χ1v) is 7.99. The van der Waals surface area contributed by atoms with Crippen LogP contribution in [0.4, 0.5) is 4.79 Å². The summed E-state index contributed by atoms with van der Waals surface area (Å²) in [6.07, 6.45) is 4.55. The van der Waals surface area contributed by atoms with Crippen LogP contribution in [0, 0.1) is 0 Å². The lowest BCUT2D eigenvalue weighted by molar-refractivity contribution is -0.0174. The molecule has 1 aliphatic heterocycles. The fourth-order valence-electron chi connectivity index (χ4n) is 2.84. The predicted molar refractivity (Wildman–Crippen MR) is 86.3 cm³/mol. The topological polar surface area (TPSA) is 71.9 Å². The van der Waals surface area contributed by atoms with Gasteiger partial charge in [-0.05, 0) is 46.1 Å². The summed E-state index contributed by atoms with van der Waals surface area (Å²) in [4.78, 5) is 18.2. The molecule has 1 aliphatic rings. The summed E-state index contributed by atoms with van der Waals surface area (Å²) in [5.41, 5.74) is 0.0335. The lowest BCUT2D eigenvalue weighted by Gasteiger charge is -2.39. The van der Waals surface area contributed by atoms with Crippen LogP contribution in [-0.4, -0.2) is 46.4 Å². The standard InChI is InChI=1S/C17H26N2O4/c1-17(2,3)23-16(21)19-10-6-5-7-13(19)15(20)12-11-18-9-8-14(12)22-4/h8-9,11,13,15,20H,5-7,10H2,1-4H3/t13-,15?/m0/s1. The molecule has 6 heteroatoms. The van der Waals surface area contributed by atoms with Crippen molar-refractivity contribution in [1.82, 2.24) is 9.88 Å². The number of amides is 1. The molecule has 0 saturated carbocycles. The molecule has 2 heterocycles. The Hall–Kier alpha value is -1.82. The molecule has 1 amide bonds. The summed E-state index contributed by atoms with van der Waals surface area (Å²) in [6, 6.07) is 1.37. The molecule has 0 radical (unpaired) electrons. The number of carbonyl (C=O) groups excluding carboxylic acids is 1. The maximum absolute atomic E-state index is 12.5. The summed E-state index contributed by atoms with van der Waals surface area (Å²) in [6.45, 7) is 6.10. The normalized spacial score (nSPS) is 20.0. The number of aliphatic hydroxyl groups is 1. The Kier molecular flexibility index (Phi) is 5.46. The van der Waals surface area contributed by atoms with E-state index in [-0.39, 0.29) is 12.1 Å².